The molecular weight excluding hydrogens is 229 g/mol. The van der Waals surface area contributed by atoms with E-state index in [0.29, 0.717) is 18.2 Å². The van der Waals surface area contributed by atoms with E-state index in [1.54, 1.807) is 19.1 Å². The van der Waals surface area contributed by atoms with Gasteiger partial charge in [-0.1, -0.05) is 0 Å². The number of hydrogen-bond acceptors (Lipinski definition) is 2. The molecule has 2 rings (SSSR count). The van der Waals surface area contributed by atoms with Crippen LogP contribution in [0.25, 0.3) is 0 Å². The van der Waals surface area contributed by atoms with Crippen LogP contribution in [-0.2, 0) is 6.54 Å². The average molecular weight is 247 g/mol. The predicted octanol–water partition coefficient (Wildman–Crippen LogP) is 3.52. The van der Waals surface area contributed by atoms with Crippen molar-refractivity contribution in [2.75, 3.05) is 5.32 Å². The van der Waals surface area contributed by atoms with Crippen molar-refractivity contribution in [3.8, 4) is 0 Å². The van der Waals surface area contributed by atoms with Gasteiger partial charge in [0.2, 0.25) is 0 Å². The first-order valence-corrected chi connectivity index (χ1v) is 6.10. The van der Waals surface area contributed by atoms with E-state index in [9.17, 15) is 4.39 Å². The van der Waals surface area contributed by atoms with Crippen LogP contribution in [0.4, 0.5) is 10.1 Å². The first-order chi connectivity index (χ1) is 8.56. The summed E-state index contributed by atoms with van der Waals surface area (Å²) in [4.78, 5) is 0. The topological polar surface area (TPSA) is 29.9 Å². The summed E-state index contributed by atoms with van der Waals surface area (Å²) in [6.45, 7) is 6.58. The van der Waals surface area contributed by atoms with Crippen LogP contribution in [0.15, 0.2) is 30.5 Å². The molecule has 0 fully saturated rings. The highest BCUT2D eigenvalue weighted by Gasteiger charge is 2.03. The van der Waals surface area contributed by atoms with Gasteiger partial charge in [0, 0.05) is 17.9 Å². The Labute approximate surface area is 107 Å². The summed E-state index contributed by atoms with van der Waals surface area (Å²) >= 11 is 0. The summed E-state index contributed by atoms with van der Waals surface area (Å²) in [5.41, 5.74) is 2.53. The minimum atomic E-state index is -0.176. The molecule has 18 heavy (non-hydrogen) atoms. The molecule has 0 saturated carbocycles. The highest BCUT2D eigenvalue weighted by atomic mass is 19.1. The number of aryl methyl sites for hydroxylation is 1. The van der Waals surface area contributed by atoms with Gasteiger partial charge in [0.1, 0.15) is 5.82 Å². The van der Waals surface area contributed by atoms with E-state index in [-0.39, 0.29) is 5.82 Å². The Bertz CT molecular complexity index is 532. The second-order valence-electron chi connectivity index (χ2n) is 4.70. The van der Waals surface area contributed by atoms with Gasteiger partial charge in [-0.3, -0.25) is 4.68 Å². The lowest BCUT2D eigenvalue weighted by Gasteiger charge is -2.07. The largest absolute Gasteiger partial charge is 0.379 e. The van der Waals surface area contributed by atoms with Crippen LogP contribution in [0.5, 0.6) is 0 Å². The van der Waals surface area contributed by atoms with Crippen molar-refractivity contribution < 1.29 is 4.39 Å². The van der Waals surface area contributed by atoms with Gasteiger partial charge in [0.05, 0.1) is 12.2 Å². The molecule has 1 heterocycles. The molecular formula is C14H18FN3. The second-order valence-corrected chi connectivity index (χ2v) is 4.70. The van der Waals surface area contributed by atoms with Gasteiger partial charge in [-0.15, -0.1) is 0 Å². The Hall–Kier alpha value is -1.84. The van der Waals surface area contributed by atoms with Crippen LogP contribution in [0.2, 0.25) is 0 Å². The van der Waals surface area contributed by atoms with Gasteiger partial charge < -0.3 is 5.32 Å². The molecule has 3 nitrogen and oxygen atoms in total. The van der Waals surface area contributed by atoms with Crippen LogP contribution in [0.1, 0.15) is 31.1 Å². The Balaban J connectivity index is 2.00. The lowest BCUT2D eigenvalue weighted by Crippen LogP contribution is -2.04. The van der Waals surface area contributed by atoms with Crippen molar-refractivity contribution in [1.29, 1.82) is 0 Å². The molecule has 0 bridgehead atoms. The van der Waals surface area contributed by atoms with Crippen LogP contribution in [0, 0.1) is 12.7 Å². The predicted molar refractivity (Wildman–Crippen MR) is 71.1 cm³/mol. The first-order valence-electron chi connectivity index (χ1n) is 6.10. The Morgan fingerprint density at radius 1 is 1.33 bits per heavy atom. The second kappa shape index (κ2) is 5.21. The third kappa shape index (κ3) is 2.88. The van der Waals surface area contributed by atoms with E-state index in [2.05, 4.69) is 24.3 Å². The number of rotatable bonds is 4. The van der Waals surface area contributed by atoms with Crippen molar-refractivity contribution in [3.63, 3.8) is 0 Å². The maximum Gasteiger partial charge on any atom is 0.126 e. The summed E-state index contributed by atoms with van der Waals surface area (Å²) in [6, 6.07) is 7.37. The number of benzene rings is 1. The van der Waals surface area contributed by atoms with Crippen molar-refractivity contribution in [3.05, 3.63) is 47.5 Å². The normalized spacial score (nSPS) is 10.9. The molecule has 0 atom stereocenters. The summed E-state index contributed by atoms with van der Waals surface area (Å²) in [5.74, 6) is -0.176. The van der Waals surface area contributed by atoms with Crippen LogP contribution < -0.4 is 5.32 Å². The fourth-order valence-corrected chi connectivity index (χ4v) is 1.71. The summed E-state index contributed by atoms with van der Waals surface area (Å²) in [5, 5.41) is 7.68. The van der Waals surface area contributed by atoms with Gasteiger partial charge in [-0.2, -0.15) is 5.10 Å². The zero-order chi connectivity index (χ0) is 13.1. The smallest absolute Gasteiger partial charge is 0.126 e. The van der Waals surface area contributed by atoms with E-state index in [0.717, 1.165) is 11.4 Å². The number of nitrogens with one attached hydrogen (secondary N) is 1. The summed E-state index contributed by atoms with van der Waals surface area (Å²) < 4.78 is 15.0. The molecule has 4 heteroatoms. The van der Waals surface area contributed by atoms with Crippen LogP contribution in [0.3, 0.4) is 0 Å². The zero-order valence-electron chi connectivity index (χ0n) is 10.9. The molecule has 0 saturated heterocycles. The number of halogens is 1. The number of aromatic nitrogens is 2. The highest BCUT2D eigenvalue weighted by Crippen LogP contribution is 2.14. The van der Waals surface area contributed by atoms with Crippen LogP contribution in [-0.4, -0.2) is 9.78 Å². The standard InChI is InChI=1S/C14H18FN3/c1-10(2)18-7-6-13(17-18)9-16-12-4-5-14(15)11(3)8-12/h4-8,10,16H,9H2,1-3H3. The molecule has 0 unspecified atom stereocenters. The Morgan fingerprint density at radius 2 is 2.11 bits per heavy atom. The van der Waals surface area contributed by atoms with E-state index in [4.69, 9.17) is 0 Å². The van der Waals surface area contributed by atoms with Gasteiger partial charge in [-0.25, -0.2) is 4.39 Å². The third-order valence-corrected chi connectivity index (χ3v) is 2.82. The van der Waals surface area contributed by atoms with Crippen molar-refractivity contribution in [2.45, 2.75) is 33.4 Å². The molecule has 96 valence electrons. The summed E-state index contributed by atoms with van der Waals surface area (Å²) in [7, 11) is 0. The SMILES string of the molecule is Cc1cc(NCc2ccn(C(C)C)n2)ccc1F. The first kappa shape index (κ1) is 12.6. The lowest BCUT2D eigenvalue weighted by atomic mass is 10.2. The Kier molecular flexibility index (Phi) is 3.65. The maximum absolute atomic E-state index is 13.1. The molecule has 1 aromatic heterocycles. The highest BCUT2D eigenvalue weighted by molar-refractivity contribution is 5.46. The molecule has 1 N–H and O–H groups in total. The van der Waals surface area contributed by atoms with Crippen molar-refractivity contribution in [2.24, 2.45) is 0 Å². The minimum absolute atomic E-state index is 0.176. The number of anilines is 1. The minimum Gasteiger partial charge on any atom is -0.379 e. The Morgan fingerprint density at radius 3 is 2.72 bits per heavy atom. The molecule has 2 aromatic rings. The van der Waals surface area contributed by atoms with E-state index < -0.39 is 0 Å². The van der Waals surface area contributed by atoms with E-state index in [1.165, 1.54) is 6.07 Å². The van der Waals surface area contributed by atoms with Crippen molar-refractivity contribution >= 4 is 5.69 Å². The number of nitrogens with zero attached hydrogens (tertiary/aromatic N) is 2. The molecule has 1 aromatic carbocycles. The molecule has 0 aliphatic carbocycles. The van der Waals surface area contributed by atoms with E-state index in [1.807, 2.05) is 16.9 Å². The lowest BCUT2D eigenvalue weighted by molar-refractivity contribution is 0.527. The van der Waals surface area contributed by atoms with Crippen molar-refractivity contribution in [1.82, 2.24) is 9.78 Å². The van der Waals surface area contributed by atoms with Gasteiger partial charge >= 0.3 is 0 Å². The van der Waals surface area contributed by atoms with E-state index >= 15 is 0 Å². The van der Waals surface area contributed by atoms with Gasteiger partial charge in [0.25, 0.3) is 0 Å². The quantitative estimate of drug-likeness (QED) is 0.895. The monoisotopic (exact) mass is 247 g/mol. The molecule has 0 aliphatic rings. The number of hydrogen-bond donors (Lipinski definition) is 1. The van der Waals surface area contributed by atoms with Crippen LogP contribution >= 0.6 is 0 Å². The van der Waals surface area contributed by atoms with Gasteiger partial charge in [0.15, 0.2) is 0 Å². The fourth-order valence-electron chi connectivity index (χ4n) is 1.71. The average Bonchev–Trinajstić information content (AvgIpc) is 2.79. The van der Waals surface area contributed by atoms with Gasteiger partial charge in [-0.05, 0) is 50.6 Å². The zero-order valence-corrected chi connectivity index (χ0v) is 10.9. The summed E-state index contributed by atoms with van der Waals surface area (Å²) in [6.07, 6.45) is 1.97. The fraction of sp³-hybridized carbons (Fsp3) is 0.357. The molecule has 0 aliphatic heterocycles. The molecule has 0 radical (unpaired) electrons. The maximum atomic E-state index is 13.1. The molecule has 0 spiro atoms. The molecule has 0 amide bonds. The third-order valence-electron chi connectivity index (χ3n) is 2.82.